The largest absolute Gasteiger partial charge is 0.493 e. The van der Waals surface area contributed by atoms with Crippen molar-refractivity contribution in [3.63, 3.8) is 0 Å². The molecule has 9 heteroatoms. The van der Waals surface area contributed by atoms with E-state index in [1.54, 1.807) is 12.3 Å². The molecule has 4 N–H and O–H groups in total. The van der Waals surface area contributed by atoms with Crippen LogP contribution in [-0.2, 0) is 29.0 Å². The number of carbonyl (C=O) groups excluding carboxylic acids is 2. The topological polar surface area (TPSA) is 113 Å². The van der Waals surface area contributed by atoms with Gasteiger partial charge in [-0.2, -0.15) is 0 Å². The van der Waals surface area contributed by atoms with Crippen LogP contribution < -0.4 is 20.7 Å². The number of carbonyl (C=O) groups is 2. The van der Waals surface area contributed by atoms with Crippen molar-refractivity contribution in [3.05, 3.63) is 59.2 Å². The monoisotopic (exact) mass is 536 g/mol. The molecule has 2 bridgehead atoms. The van der Waals surface area contributed by atoms with Gasteiger partial charge in [-0.05, 0) is 60.4 Å². The lowest BCUT2D eigenvalue weighted by Crippen LogP contribution is -2.49. The summed E-state index contributed by atoms with van der Waals surface area (Å²) in [7, 11) is 0. The molecular weight excluding hydrogens is 499 g/mol. The summed E-state index contributed by atoms with van der Waals surface area (Å²) in [6.45, 7) is 3.57. The van der Waals surface area contributed by atoms with Gasteiger partial charge >= 0.3 is 0 Å². The zero-order chi connectivity index (χ0) is 27.8. The predicted octanol–water partition coefficient (Wildman–Crippen LogP) is 2.14. The van der Waals surface area contributed by atoms with Gasteiger partial charge < -0.3 is 25.8 Å². The first kappa shape index (κ1) is 28.5. The second-order valence-electron chi connectivity index (χ2n) is 10.3. The summed E-state index contributed by atoms with van der Waals surface area (Å²) in [5.41, 5.74) is 2.69. The molecule has 1 aliphatic carbocycles. The number of aromatic nitrogens is 1. The molecule has 0 saturated heterocycles. The highest BCUT2D eigenvalue weighted by atomic mass is 19.1. The smallest absolute Gasteiger partial charge is 0.224 e. The van der Waals surface area contributed by atoms with E-state index in [-0.39, 0.29) is 30.7 Å². The Morgan fingerprint density at radius 2 is 1.97 bits per heavy atom. The molecule has 2 amide bonds. The van der Waals surface area contributed by atoms with E-state index in [2.05, 4.69) is 39.8 Å². The normalized spacial score (nSPS) is 24.4. The number of pyridine rings is 1. The van der Waals surface area contributed by atoms with Gasteiger partial charge in [0.25, 0.3) is 0 Å². The van der Waals surface area contributed by atoms with E-state index >= 15 is 0 Å². The summed E-state index contributed by atoms with van der Waals surface area (Å²) in [6, 6.07) is 5.75. The zero-order valence-electron chi connectivity index (χ0n) is 22.3. The maximum Gasteiger partial charge on any atom is 0.224 e. The number of amides is 2. The number of hydrogen-bond acceptors (Lipinski definition) is 6. The Hall–Kier alpha value is -3.48. The predicted molar refractivity (Wildman–Crippen MR) is 145 cm³/mol. The molecule has 0 radical (unpaired) electrons. The minimum atomic E-state index is -0.986. The number of nitrogens with zero attached hydrogens (tertiary/aromatic N) is 1. The van der Waals surface area contributed by atoms with Crippen LogP contribution in [0.3, 0.4) is 0 Å². The summed E-state index contributed by atoms with van der Waals surface area (Å²) < 4.78 is 20.2. The Kier molecular flexibility index (Phi) is 9.90. The lowest BCUT2D eigenvalue weighted by Gasteiger charge is -2.25. The van der Waals surface area contributed by atoms with E-state index < -0.39 is 29.8 Å². The molecule has 5 atom stereocenters. The quantitative estimate of drug-likeness (QED) is 0.404. The molecule has 1 aromatic heterocycles. The van der Waals surface area contributed by atoms with E-state index in [0.717, 1.165) is 17.5 Å². The van der Waals surface area contributed by atoms with Crippen molar-refractivity contribution in [2.75, 3.05) is 19.7 Å². The molecule has 1 saturated carbocycles. The van der Waals surface area contributed by atoms with Crippen LogP contribution in [0.15, 0.2) is 36.7 Å². The second-order valence-corrected chi connectivity index (χ2v) is 10.3. The van der Waals surface area contributed by atoms with E-state index in [1.807, 2.05) is 6.20 Å². The van der Waals surface area contributed by atoms with Crippen molar-refractivity contribution < 1.29 is 23.8 Å². The van der Waals surface area contributed by atoms with Gasteiger partial charge in [0.15, 0.2) is 0 Å². The standard InChI is InChI=1S/C30H37FN4O4/c1-3-7-24-27-28(24)30(38)35-25(26(36)18-33-17-21-10-19(4-2)15-32-16-21)13-20-11-22(31)14-23(12-20)39-9-6-5-8-34-29(27)37/h1,10-12,14-16,24-28,33,36H,4-9,13,17-18H2,2H3,(H,34,37)(H,35,38). The van der Waals surface area contributed by atoms with Gasteiger partial charge in [0.05, 0.1) is 30.6 Å². The fourth-order valence-electron chi connectivity index (χ4n) is 5.20. The van der Waals surface area contributed by atoms with Gasteiger partial charge in [0, 0.05) is 44.5 Å². The molecule has 8 nitrogen and oxygen atoms in total. The van der Waals surface area contributed by atoms with Crippen LogP contribution in [0.4, 0.5) is 4.39 Å². The molecule has 1 fully saturated rings. The third kappa shape index (κ3) is 7.78. The first-order chi connectivity index (χ1) is 18.9. The molecule has 2 aromatic rings. The third-order valence-corrected chi connectivity index (χ3v) is 7.39. The highest BCUT2D eigenvalue weighted by Crippen LogP contribution is 2.49. The lowest BCUT2D eigenvalue weighted by atomic mass is 10.00. The Labute approximate surface area is 229 Å². The van der Waals surface area contributed by atoms with Crippen molar-refractivity contribution in [1.82, 2.24) is 20.9 Å². The van der Waals surface area contributed by atoms with Crippen LogP contribution in [0, 0.1) is 35.9 Å². The number of fused-ring (bicyclic) bond motifs is 3. The number of aryl methyl sites for hydroxylation is 1. The number of halogens is 1. The molecule has 1 aliphatic heterocycles. The summed E-state index contributed by atoms with van der Waals surface area (Å²) >= 11 is 0. The Balaban J connectivity index is 1.51. The first-order valence-electron chi connectivity index (χ1n) is 13.6. The van der Waals surface area contributed by atoms with Crippen molar-refractivity contribution >= 4 is 11.8 Å². The number of aliphatic hydroxyl groups excluding tert-OH is 1. The van der Waals surface area contributed by atoms with Crippen LogP contribution in [0.2, 0.25) is 0 Å². The van der Waals surface area contributed by atoms with E-state index in [4.69, 9.17) is 11.2 Å². The van der Waals surface area contributed by atoms with Crippen molar-refractivity contribution in [1.29, 1.82) is 0 Å². The van der Waals surface area contributed by atoms with Gasteiger partial charge in [-0.25, -0.2) is 4.39 Å². The highest BCUT2D eigenvalue weighted by molar-refractivity contribution is 5.93. The number of aliphatic hydroxyl groups is 1. The van der Waals surface area contributed by atoms with Crippen LogP contribution in [-0.4, -0.2) is 53.7 Å². The molecule has 39 heavy (non-hydrogen) atoms. The van der Waals surface area contributed by atoms with Gasteiger partial charge in [-0.15, -0.1) is 12.3 Å². The second kappa shape index (κ2) is 13.5. The third-order valence-electron chi connectivity index (χ3n) is 7.39. The van der Waals surface area contributed by atoms with Crippen LogP contribution >= 0.6 is 0 Å². The molecule has 0 spiro atoms. The van der Waals surface area contributed by atoms with E-state index in [1.165, 1.54) is 12.1 Å². The number of ether oxygens (including phenoxy) is 1. The van der Waals surface area contributed by atoms with Crippen molar-refractivity contribution in [2.45, 2.75) is 57.7 Å². The van der Waals surface area contributed by atoms with Crippen LogP contribution in [0.1, 0.15) is 42.9 Å². The van der Waals surface area contributed by atoms with Gasteiger partial charge in [-0.1, -0.05) is 13.0 Å². The minimum absolute atomic E-state index is 0.180. The number of rotatable bonds is 7. The average molecular weight is 537 g/mol. The maximum atomic E-state index is 14.4. The Morgan fingerprint density at radius 3 is 2.77 bits per heavy atom. The maximum absolute atomic E-state index is 14.4. The number of terminal acetylenes is 1. The van der Waals surface area contributed by atoms with Crippen molar-refractivity contribution in [3.8, 4) is 18.1 Å². The number of benzene rings is 1. The highest BCUT2D eigenvalue weighted by Gasteiger charge is 2.58. The van der Waals surface area contributed by atoms with Crippen LogP contribution in [0.25, 0.3) is 0 Å². The molecule has 208 valence electrons. The molecule has 4 rings (SSSR count). The Bertz CT molecular complexity index is 1200. The fraction of sp³-hybridized carbons (Fsp3) is 0.500. The van der Waals surface area contributed by atoms with Crippen molar-refractivity contribution in [2.24, 2.45) is 17.8 Å². The van der Waals surface area contributed by atoms with Crippen LogP contribution in [0.5, 0.6) is 5.75 Å². The summed E-state index contributed by atoms with van der Waals surface area (Å²) in [5, 5.41) is 20.2. The van der Waals surface area contributed by atoms with E-state index in [9.17, 15) is 19.1 Å². The molecule has 2 aliphatic rings. The first-order valence-corrected chi connectivity index (χ1v) is 13.6. The molecule has 2 heterocycles. The minimum Gasteiger partial charge on any atom is -0.493 e. The zero-order valence-corrected chi connectivity index (χ0v) is 22.3. The van der Waals surface area contributed by atoms with E-state index in [0.29, 0.717) is 50.3 Å². The van der Waals surface area contributed by atoms with Gasteiger partial charge in [0.1, 0.15) is 11.6 Å². The number of hydrogen-bond donors (Lipinski definition) is 4. The Morgan fingerprint density at radius 1 is 1.18 bits per heavy atom. The molecular formula is C30H37FN4O4. The molecule has 1 aromatic carbocycles. The number of nitrogens with one attached hydrogen (secondary N) is 3. The summed E-state index contributed by atoms with van der Waals surface area (Å²) in [5.74, 6) is 0.683. The average Bonchev–Trinajstić information content (AvgIpc) is 3.63. The van der Waals surface area contributed by atoms with Gasteiger partial charge in [0.2, 0.25) is 11.8 Å². The lowest BCUT2D eigenvalue weighted by molar-refractivity contribution is -0.128. The van der Waals surface area contributed by atoms with Gasteiger partial charge in [-0.3, -0.25) is 14.6 Å². The fourth-order valence-corrected chi connectivity index (χ4v) is 5.20. The summed E-state index contributed by atoms with van der Waals surface area (Å²) in [4.78, 5) is 30.4. The SMILES string of the molecule is C#CCC1C2C(=O)NCCCCOc3cc(F)cc(c3)CC(C(O)CNCc3cncc(CC)c3)NC(=O)C12. The summed E-state index contributed by atoms with van der Waals surface area (Å²) in [6.07, 6.45) is 10.9. The molecule has 5 unspecified atom stereocenters.